The number of rotatable bonds is 5. The molecule has 2 aromatic carbocycles. The number of hydrogen-bond acceptors (Lipinski definition) is 5. The summed E-state index contributed by atoms with van der Waals surface area (Å²) in [4.78, 5) is 29.7. The summed E-state index contributed by atoms with van der Waals surface area (Å²) in [6, 6.07) is 15.8. The Morgan fingerprint density at radius 1 is 1.11 bits per heavy atom. The number of fused-ring (bicyclic) bond motifs is 1. The van der Waals surface area contributed by atoms with Crippen molar-refractivity contribution in [3.8, 4) is 5.75 Å². The highest BCUT2D eigenvalue weighted by atomic mass is 16.5. The first-order valence-corrected chi connectivity index (χ1v) is 12.5. The van der Waals surface area contributed by atoms with E-state index in [0.717, 1.165) is 25.9 Å². The van der Waals surface area contributed by atoms with E-state index in [1.165, 1.54) is 5.56 Å². The summed E-state index contributed by atoms with van der Waals surface area (Å²) in [6.07, 6.45) is 1.77. The lowest BCUT2D eigenvalue weighted by Gasteiger charge is -2.36. The van der Waals surface area contributed by atoms with Crippen LogP contribution in [-0.2, 0) is 16.1 Å². The second-order valence-corrected chi connectivity index (χ2v) is 9.99. The Balaban J connectivity index is 1.62. The molecule has 1 heterocycles. The fraction of sp³-hybridized carbons (Fsp3) is 0.500. The van der Waals surface area contributed by atoms with Gasteiger partial charge in [0.05, 0.1) is 11.7 Å². The number of amides is 2. The molecule has 4 rings (SSSR count). The molecule has 2 aliphatic rings. The van der Waals surface area contributed by atoms with Crippen LogP contribution >= 0.6 is 0 Å². The quantitative estimate of drug-likeness (QED) is 0.701. The summed E-state index contributed by atoms with van der Waals surface area (Å²) in [5.74, 6) is 0.707. The Morgan fingerprint density at radius 2 is 1.86 bits per heavy atom. The molecule has 0 aromatic heterocycles. The largest absolute Gasteiger partial charge is 0.491 e. The number of benzene rings is 2. The first-order valence-electron chi connectivity index (χ1n) is 12.5. The van der Waals surface area contributed by atoms with Crippen molar-refractivity contribution >= 4 is 17.5 Å². The van der Waals surface area contributed by atoms with Gasteiger partial charge in [0.25, 0.3) is 5.91 Å². The summed E-state index contributed by atoms with van der Waals surface area (Å²) in [7, 11) is 3.51. The van der Waals surface area contributed by atoms with E-state index in [9.17, 15) is 9.59 Å². The maximum atomic E-state index is 13.4. The smallest absolute Gasteiger partial charge is 0.257 e. The number of carbonyl (C=O) groups is 2. The van der Waals surface area contributed by atoms with Crippen LogP contribution in [0, 0.1) is 11.8 Å². The molecule has 1 aliphatic carbocycles. The van der Waals surface area contributed by atoms with Gasteiger partial charge in [-0.25, -0.2) is 0 Å². The van der Waals surface area contributed by atoms with Crippen LogP contribution in [0.25, 0.3) is 0 Å². The molecule has 1 aliphatic heterocycles. The Labute approximate surface area is 208 Å². The molecule has 35 heavy (non-hydrogen) atoms. The average molecular weight is 480 g/mol. The molecule has 2 amide bonds. The third-order valence-corrected chi connectivity index (χ3v) is 7.02. The molecule has 2 aromatic rings. The fourth-order valence-corrected chi connectivity index (χ4v) is 4.55. The van der Waals surface area contributed by atoms with Crippen molar-refractivity contribution in [2.75, 3.05) is 39.2 Å². The number of ether oxygens (including phenoxy) is 2. The van der Waals surface area contributed by atoms with Gasteiger partial charge in [0, 0.05) is 57.5 Å². The zero-order chi connectivity index (χ0) is 24.9. The molecule has 1 N–H and O–H groups in total. The lowest BCUT2D eigenvalue weighted by Crippen LogP contribution is -2.46. The lowest BCUT2D eigenvalue weighted by molar-refractivity contribution is -0.117. The van der Waals surface area contributed by atoms with Crippen molar-refractivity contribution in [2.24, 2.45) is 11.8 Å². The second-order valence-electron chi connectivity index (χ2n) is 9.99. The van der Waals surface area contributed by atoms with Crippen molar-refractivity contribution in [1.82, 2.24) is 9.80 Å². The number of anilines is 1. The average Bonchev–Trinajstić information content (AvgIpc) is 3.71. The van der Waals surface area contributed by atoms with E-state index in [0.29, 0.717) is 30.2 Å². The number of methoxy groups -OCH3 is 1. The van der Waals surface area contributed by atoms with Crippen LogP contribution in [0.3, 0.4) is 0 Å². The minimum absolute atomic E-state index is 0.0286. The lowest BCUT2D eigenvalue weighted by atomic mass is 10.0. The van der Waals surface area contributed by atoms with Crippen molar-refractivity contribution in [2.45, 2.75) is 45.4 Å². The third-order valence-electron chi connectivity index (χ3n) is 7.02. The highest BCUT2D eigenvalue weighted by Crippen LogP contribution is 2.32. The van der Waals surface area contributed by atoms with Crippen LogP contribution in [0.15, 0.2) is 48.5 Å². The predicted molar refractivity (Wildman–Crippen MR) is 137 cm³/mol. The monoisotopic (exact) mass is 479 g/mol. The molecular formula is C28H37N3O4. The maximum Gasteiger partial charge on any atom is 0.257 e. The van der Waals surface area contributed by atoms with E-state index < -0.39 is 0 Å². The molecule has 0 unspecified atom stereocenters. The predicted octanol–water partition coefficient (Wildman–Crippen LogP) is 4.04. The van der Waals surface area contributed by atoms with Gasteiger partial charge in [-0.3, -0.25) is 14.5 Å². The standard InChI is InChI=1S/C28H37N3O4/c1-19-15-31(16-21-8-6-5-7-9-21)20(2)18-35-25-14-23(29-27(32)22-10-11-22)12-13-24(25)28(33)30(3)17-26(19)34-4/h5-9,12-14,19-20,22,26H,10-11,15-18H2,1-4H3,(H,29,32)/t19-,20+,26-/m1/s1. The van der Waals surface area contributed by atoms with Crippen LogP contribution in [0.5, 0.6) is 5.75 Å². The Hall–Kier alpha value is -2.90. The van der Waals surface area contributed by atoms with E-state index in [-0.39, 0.29) is 35.8 Å². The van der Waals surface area contributed by atoms with Crippen LogP contribution < -0.4 is 10.1 Å². The molecule has 3 atom stereocenters. The van der Waals surface area contributed by atoms with Crippen LogP contribution in [-0.4, -0.2) is 67.6 Å². The van der Waals surface area contributed by atoms with Gasteiger partial charge in [-0.2, -0.15) is 0 Å². The fourth-order valence-electron chi connectivity index (χ4n) is 4.55. The number of carbonyl (C=O) groups excluding carboxylic acids is 2. The molecule has 1 fully saturated rings. The van der Waals surface area contributed by atoms with Gasteiger partial charge in [-0.15, -0.1) is 0 Å². The van der Waals surface area contributed by atoms with Crippen LogP contribution in [0.2, 0.25) is 0 Å². The van der Waals surface area contributed by atoms with Crippen molar-refractivity contribution < 1.29 is 19.1 Å². The molecular weight excluding hydrogens is 442 g/mol. The zero-order valence-electron chi connectivity index (χ0n) is 21.2. The van der Waals surface area contributed by atoms with Gasteiger partial charge in [0.2, 0.25) is 5.91 Å². The van der Waals surface area contributed by atoms with Crippen LogP contribution in [0.1, 0.15) is 42.6 Å². The summed E-state index contributed by atoms with van der Waals surface area (Å²) in [5.41, 5.74) is 2.38. The minimum Gasteiger partial charge on any atom is -0.491 e. The number of hydrogen-bond donors (Lipinski definition) is 1. The van der Waals surface area contributed by atoms with E-state index in [1.807, 2.05) is 6.07 Å². The minimum atomic E-state index is -0.122. The van der Waals surface area contributed by atoms with Gasteiger partial charge < -0.3 is 19.7 Å². The van der Waals surface area contributed by atoms with E-state index >= 15 is 0 Å². The normalized spacial score (nSPS) is 24.1. The third kappa shape index (κ3) is 6.41. The molecule has 0 radical (unpaired) electrons. The molecule has 7 nitrogen and oxygen atoms in total. The van der Waals surface area contributed by atoms with Gasteiger partial charge in [0.1, 0.15) is 12.4 Å². The highest BCUT2D eigenvalue weighted by Gasteiger charge is 2.31. The van der Waals surface area contributed by atoms with E-state index in [4.69, 9.17) is 9.47 Å². The van der Waals surface area contributed by atoms with E-state index in [1.54, 1.807) is 37.3 Å². The van der Waals surface area contributed by atoms with Crippen molar-refractivity contribution in [3.63, 3.8) is 0 Å². The number of nitrogens with zero attached hydrogens (tertiary/aromatic N) is 2. The van der Waals surface area contributed by atoms with Crippen molar-refractivity contribution in [3.05, 3.63) is 59.7 Å². The molecule has 0 spiro atoms. The first kappa shape index (κ1) is 25.2. The Bertz CT molecular complexity index is 1020. The van der Waals surface area contributed by atoms with Gasteiger partial charge in [-0.05, 0) is 43.4 Å². The van der Waals surface area contributed by atoms with Crippen molar-refractivity contribution in [1.29, 1.82) is 0 Å². The summed E-state index contributed by atoms with van der Waals surface area (Å²) in [5, 5.41) is 2.97. The summed E-state index contributed by atoms with van der Waals surface area (Å²) in [6.45, 7) is 6.82. The topological polar surface area (TPSA) is 71.1 Å². The maximum absolute atomic E-state index is 13.4. The van der Waals surface area contributed by atoms with Gasteiger partial charge in [0.15, 0.2) is 0 Å². The van der Waals surface area contributed by atoms with E-state index in [2.05, 4.69) is 48.3 Å². The second kappa shape index (κ2) is 11.2. The Kier molecular flexibility index (Phi) is 8.08. The highest BCUT2D eigenvalue weighted by molar-refractivity contribution is 5.99. The zero-order valence-corrected chi connectivity index (χ0v) is 21.2. The summed E-state index contributed by atoms with van der Waals surface area (Å²) >= 11 is 0. The summed E-state index contributed by atoms with van der Waals surface area (Å²) < 4.78 is 12.1. The molecule has 0 saturated heterocycles. The first-order chi connectivity index (χ1) is 16.9. The van der Waals surface area contributed by atoms with Crippen LogP contribution in [0.4, 0.5) is 5.69 Å². The number of likely N-dealkylation sites (N-methyl/N-ethyl adjacent to an activating group) is 1. The molecule has 7 heteroatoms. The van der Waals surface area contributed by atoms with Gasteiger partial charge >= 0.3 is 0 Å². The molecule has 0 bridgehead atoms. The molecule has 188 valence electrons. The molecule has 1 saturated carbocycles. The SMILES string of the molecule is CO[C@@H]1CN(C)C(=O)c2ccc(NC(=O)C3CC3)cc2OC[C@H](C)N(Cc2ccccc2)C[C@H]1C. The number of nitrogens with one attached hydrogen (secondary N) is 1. The Morgan fingerprint density at radius 3 is 2.54 bits per heavy atom. The van der Waals surface area contributed by atoms with Gasteiger partial charge in [-0.1, -0.05) is 37.3 Å².